The van der Waals surface area contributed by atoms with Gasteiger partial charge in [0, 0.05) is 32.3 Å². The first-order valence-corrected chi connectivity index (χ1v) is 9.49. The molecule has 144 valence electrons. The monoisotopic (exact) mass is 392 g/mol. The molecule has 26 heavy (non-hydrogen) atoms. The molecule has 2 aromatic rings. The summed E-state index contributed by atoms with van der Waals surface area (Å²) in [6, 6.07) is 0. The number of hydrogen-bond donors (Lipinski definition) is 0. The van der Waals surface area contributed by atoms with E-state index in [0.717, 1.165) is 6.20 Å². The van der Waals surface area contributed by atoms with Gasteiger partial charge >= 0.3 is 6.18 Å². The van der Waals surface area contributed by atoms with Gasteiger partial charge in [0.15, 0.2) is 11.5 Å². The predicted octanol–water partition coefficient (Wildman–Crippen LogP) is 2.61. The van der Waals surface area contributed by atoms with Gasteiger partial charge in [-0.3, -0.25) is 0 Å². The highest BCUT2D eigenvalue weighted by molar-refractivity contribution is 7.89. The van der Waals surface area contributed by atoms with Crippen LogP contribution in [0.2, 0.25) is 0 Å². The van der Waals surface area contributed by atoms with E-state index in [1.807, 2.05) is 0 Å². The van der Waals surface area contributed by atoms with Crippen molar-refractivity contribution in [1.82, 2.24) is 19.0 Å². The van der Waals surface area contributed by atoms with Gasteiger partial charge < -0.3 is 9.09 Å². The molecule has 0 bridgehead atoms. The van der Waals surface area contributed by atoms with Gasteiger partial charge in [-0.05, 0) is 26.7 Å². The summed E-state index contributed by atoms with van der Waals surface area (Å²) < 4.78 is 72.1. The average molecular weight is 392 g/mol. The van der Waals surface area contributed by atoms with E-state index in [1.54, 1.807) is 6.92 Å². The highest BCUT2D eigenvalue weighted by Crippen LogP contribution is 2.34. The lowest BCUT2D eigenvalue weighted by Crippen LogP contribution is -2.40. The lowest BCUT2D eigenvalue weighted by Gasteiger charge is -2.31. The van der Waals surface area contributed by atoms with Crippen LogP contribution in [0.25, 0.3) is 0 Å². The molecule has 0 radical (unpaired) electrons. The Morgan fingerprint density at radius 2 is 2.00 bits per heavy atom. The standard InChI is InChI=1S/C15H19F3N4O3S/c1-9-13(10(2)25-20-9)26(23,24)22-6-4-5-11(7-22)14-19-12(8-21(14)3)15(16,17)18/h8,11H,4-7H2,1-3H3. The molecule has 0 N–H and O–H groups in total. The zero-order chi connectivity index (χ0) is 19.3. The Labute approximate surface area is 148 Å². The molecule has 3 heterocycles. The second-order valence-corrected chi connectivity index (χ2v) is 8.32. The molecule has 0 aliphatic carbocycles. The first-order valence-electron chi connectivity index (χ1n) is 8.05. The molecule has 1 fully saturated rings. The van der Waals surface area contributed by atoms with Crippen LogP contribution >= 0.6 is 0 Å². The smallest absolute Gasteiger partial charge is 0.360 e. The lowest BCUT2D eigenvalue weighted by molar-refractivity contribution is -0.141. The molecule has 1 aliphatic heterocycles. The quantitative estimate of drug-likeness (QED) is 0.802. The summed E-state index contributed by atoms with van der Waals surface area (Å²) in [7, 11) is -2.35. The molecule has 0 amide bonds. The van der Waals surface area contributed by atoms with Crippen molar-refractivity contribution in [2.75, 3.05) is 13.1 Å². The van der Waals surface area contributed by atoms with Crippen molar-refractivity contribution in [2.24, 2.45) is 7.05 Å². The van der Waals surface area contributed by atoms with Gasteiger partial charge in [0.25, 0.3) is 0 Å². The van der Waals surface area contributed by atoms with E-state index >= 15 is 0 Å². The number of hydrogen-bond acceptors (Lipinski definition) is 5. The Morgan fingerprint density at radius 3 is 2.54 bits per heavy atom. The number of imidazole rings is 1. The Hall–Kier alpha value is -1.88. The molecule has 7 nitrogen and oxygen atoms in total. The van der Waals surface area contributed by atoms with E-state index in [9.17, 15) is 21.6 Å². The molecule has 2 aromatic heterocycles. The van der Waals surface area contributed by atoms with E-state index in [0.29, 0.717) is 19.4 Å². The molecule has 1 saturated heterocycles. The second kappa shape index (κ2) is 6.38. The van der Waals surface area contributed by atoms with Gasteiger partial charge in [-0.25, -0.2) is 13.4 Å². The lowest BCUT2D eigenvalue weighted by atomic mass is 9.99. The first-order chi connectivity index (χ1) is 12.0. The minimum absolute atomic E-state index is 0.0222. The van der Waals surface area contributed by atoms with Crippen LogP contribution in [0.5, 0.6) is 0 Å². The Bertz CT molecular complexity index is 898. The fourth-order valence-corrected chi connectivity index (χ4v) is 5.15. The summed E-state index contributed by atoms with van der Waals surface area (Å²) in [5, 5.41) is 3.68. The minimum atomic E-state index is -4.53. The molecule has 11 heteroatoms. The third kappa shape index (κ3) is 3.25. The van der Waals surface area contributed by atoms with Crippen LogP contribution in [-0.4, -0.2) is 40.5 Å². The van der Waals surface area contributed by atoms with E-state index in [-0.39, 0.29) is 28.7 Å². The fraction of sp³-hybridized carbons (Fsp3) is 0.600. The maximum absolute atomic E-state index is 12.9. The largest absolute Gasteiger partial charge is 0.434 e. The van der Waals surface area contributed by atoms with Crippen molar-refractivity contribution in [1.29, 1.82) is 0 Å². The number of nitrogens with zero attached hydrogens (tertiary/aromatic N) is 4. The molecule has 0 saturated carbocycles. The van der Waals surface area contributed by atoms with Crippen molar-refractivity contribution in [3.63, 3.8) is 0 Å². The van der Waals surface area contributed by atoms with E-state index in [4.69, 9.17) is 4.52 Å². The van der Waals surface area contributed by atoms with Crippen molar-refractivity contribution >= 4 is 10.0 Å². The zero-order valence-corrected chi connectivity index (χ0v) is 15.4. The predicted molar refractivity (Wildman–Crippen MR) is 84.9 cm³/mol. The van der Waals surface area contributed by atoms with Crippen molar-refractivity contribution in [2.45, 2.75) is 43.7 Å². The van der Waals surface area contributed by atoms with Crippen LogP contribution in [0.4, 0.5) is 13.2 Å². The molecule has 0 aromatic carbocycles. The highest BCUT2D eigenvalue weighted by Gasteiger charge is 2.38. The number of piperidine rings is 1. The van der Waals surface area contributed by atoms with Gasteiger partial charge in [-0.2, -0.15) is 17.5 Å². The molecular weight excluding hydrogens is 373 g/mol. The van der Waals surface area contributed by atoms with Crippen LogP contribution in [0.3, 0.4) is 0 Å². The number of aromatic nitrogens is 3. The number of rotatable bonds is 3. The fourth-order valence-electron chi connectivity index (χ4n) is 3.34. The first kappa shape index (κ1) is 18.9. The summed E-state index contributed by atoms with van der Waals surface area (Å²) >= 11 is 0. The average Bonchev–Trinajstić information content (AvgIpc) is 3.10. The van der Waals surface area contributed by atoms with Gasteiger partial charge in [0.1, 0.15) is 16.4 Å². The van der Waals surface area contributed by atoms with Gasteiger partial charge in [0.2, 0.25) is 10.0 Å². The molecular formula is C15H19F3N4O3S. The van der Waals surface area contributed by atoms with Crippen molar-refractivity contribution in [3.8, 4) is 0 Å². The zero-order valence-electron chi connectivity index (χ0n) is 14.5. The Morgan fingerprint density at radius 1 is 1.31 bits per heavy atom. The van der Waals surface area contributed by atoms with Gasteiger partial charge in [0.05, 0.1) is 0 Å². The van der Waals surface area contributed by atoms with Gasteiger partial charge in [-0.1, -0.05) is 5.16 Å². The molecule has 1 unspecified atom stereocenters. The van der Waals surface area contributed by atoms with Gasteiger partial charge in [-0.15, -0.1) is 0 Å². The van der Waals surface area contributed by atoms with E-state index in [1.165, 1.54) is 22.8 Å². The van der Waals surface area contributed by atoms with Crippen LogP contribution < -0.4 is 0 Å². The highest BCUT2D eigenvalue weighted by atomic mass is 32.2. The number of halogens is 3. The second-order valence-electron chi connectivity index (χ2n) is 6.45. The molecule has 1 aliphatic rings. The normalized spacial score (nSPS) is 19.8. The Kier molecular flexibility index (Phi) is 4.63. The van der Waals surface area contributed by atoms with Crippen LogP contribution in [0, 0.1) is 13.8 Å². The van der Waals surface area contributed by atoms with Crippen LogP contribution in [0.15, 0.2) is 15.6 Å². The minimum Gasteiger partial charge on any atom is -0.360 e. The molecule has 1 atom stereocenters. The van der Waals surface area contributed by atoms with Crippen molar-refractivity contribution < 1.29 is 26.1 Å². The topological polar surface area (TPSA) is 81.2 Å². The maximum atomic E-state index is 12.9. The maximum Gasteiger partial charge on any atom is 0.434 e. The summed E-state index contributed by atoms with van der Waals surface area (Å²) in [6.07, 6.45) is -2.51. The third-order valence-corrected chi connectivity index (χ3v) is 6.63. The summed E-state index contributed by atoms with van der Waals surface area (Å²) in [4.78, 5) is 3.73. The number of aryl methyl sites for hydroxylation is 3. The van der Waals surface area contributed by atoms with Crippen LogP contribution in [0.1, 0.15) is 41.7 Å². The SMILES string of the molecule is Cc1noc(C)c1S(=O)(=O)N1CCCC(c2nc(C(F)(F)F)cn2C)C1. The van der Waals surface area contributed by atoms with Crippen molar-refractivity contribution in [3.05, 3.63) is 29.2 Å². The third-order valence-electron chi connectivity index (χ3n) is 4.52. The van der Waals surface area contributed by atoms with E-state index in [2.05, 4.69) is 10.1 Å². The summed E-state index contributed by atoms with van der Waals surface area (Å²) in [5.74, 6) is 0.0112. The number of alkyl halides is 3. The summed E-state index contributed by atoms with van der Waals surface area (Å²) in [5.41, 5.74) is -0.707. The molecule has 0 spiro atoms. The Balaban J connectivity index is 1.90. The molecule has 3 rings (SSSR count). The van der Waals surface area contributed by atoms with E-state index < -0.39 is 27.8 Å². The summed E-state index contributed by atoms with van der Waals surface area (Å²) in [6.45, 7) is 3.41. The number of sulfonamides is 1. The van der Waals surface area contributed by atoms with Crippen LogP contribution in [-0.2, 0) is 23.2 Å².